The van der Waals surface area contributed by atoms with Crippen LogP contribution in [0.5, 0.6) is 5.75 Å². The van der Waals surface area contributed by atoms with Crippen LogP contribution in [0.2, 0.25) is 0 Å². The van der Waals surface area contributed by atoms with Crippen molar-refractivity contribution < 1.29 is 9.53 Å². The van der Waals surface area contributed by atoms with Gasteiger partial charge in [0.15, 0.2) is 5.78 Å². The lowest BCUT2D eigenvalue weighted by molar-refractivity contribution is 0.0849. The van der Waals surface area contributed by atoms with Gasteiger partial charge in [-0.1, -0.05) is 13.8 Å². The number of hydrogen-bond acceptors (Lipinski definition) is 3. The van der Waals surface area contributed by atoms with Crippen molar-refractivity contribution in [3.63, 3.8) is 0 Å². The second-order valence-corrected chi connectivity index (χ2v) is 6.48. The number of carbonyl (C=O) groups excluding carboxylic acids is 1. The maximum absolute atomic E-state index is 12.4. The number of carbonyl (C=O) groups is 1. The first-order valence-electron chi connectivity index (χ1n) is 7.63. The van der Waals surface area contributed by atoms with Gasteiger partial charge in [0.2, 0.25) is 0 Å². The topological polar surface area (TPSA) is 29.5 Å². The van der Waals surface area contributed by atoms with Crippen molar-refractivity contribution in [2.24, 2.45) is 11.8 Å². The number of ketones is 1. The van der Waals surface area contributed by atoms with Crippen molar-refractivity contribution in [2.45, 2.75) is 26.7 Å². The minimum absolute atomic E-state index is 0.237. The van der Waals surface area contributed by atoms with Crippen molar-refractivity contribution in [2.75, 3.05) is 26.2 Å². The number of nitrogens with zero attached hydrogens (tertiary/aromatic N) is 1. The fraction of sp³-hybridized carbons (Fsp3) is 0.588. The molecule has 2 aliphatic heterocycles. The summed E-state index contributed by atoms with van der Waals surface area (Å²) in [6.07, 6.45) is 2.20. The molecule has 0 saturated carbocycles. The molecule has 2 atom stereocenters. The highest BCUT2D eigenvalue weighted by Crippen LogP contribution is 2.26. The number of likely N-dealkylation sites (tertiary alicyclic amines) is 1. The SMILES string of the molecule is CC1CC(C)CN(CC(=O)c2ccc3c(c2)CCO3)C1. The quantitative estimate of drug-likeness (QED) is 0.793. The Labute approximate surface area is 120 Å². The van der Waals surface area contributed by atoms with Gasteiger partial charge >= 0.3 is 0 Å². The van der Waals surface area contributed by atoms with Gasteiger partial charge in [-0.2, -0.15) is 0 Å². The van der Waals surface area contributed by atoms with Crippen LogP contribution in [0.15, 0.2) is 18.2 Å². The van der Waals surface area contributed by atoms with Crippen molar-refractivity contribution in [3.8, 4) is 5.75 Å². The molecule has 1 aromatic carbocycles. The first-order chi connectivity index (χ1) is 9.61. The fourth-order valence-electron chi connectivity index (χ4n) is 3.58. The van der Waals surface area contributed by atoms with E-state index in [9.17, 15) is 4.79 Å². The van der Waals surface area contributed by atoms with Gasteiger partial charge in [-0.05, 0) is 42.0 Å². The molecule has 0 aliphatic carbocycles. The van der Waals surface area contributed by atoms with E-state index in [1.54, 1.807) is 0 Å². The summed E-state index contributed by atoms with van der Waals surface area (Å²) in [6, 6.07) is 5.86. The molecule has 2 heterocycles. The third-order valence-electron chi connectivity index (χ3n) is 4.32. The van der Waals surface area contributed by atoms with E-state index >= 15 is 0 Å². The second kappa shape index (κ2) is 5.57. The van der Waals surface area contributed by atoms with Gasteiger partial charge in [-0.25, -0.2) is 0 Å². The minimum atomic E-state index is 0.237. The third kappa shape index (κ3) is 2.88. The normalized spacial score (nSPS) is 26.1. The van der Waals surface area contributed by atoms with Gasteiger partial charge in [0.1, 0.15) is 5.75 Å². The summed E-state index contributed by atoms with van der Waals surface area (Å²) in [7, 11) is 0. The van der Waals surface area contributed by atoms with Gasteiger partial charge in [-0.15, -0.1) is 0 Å². The molecule has 1 saturated heterocycles. The highest BCUT2D eigenvalue weighted by atomic mass is 16.5. The Bertz CT molecular complexity index is 502. The van der Waals surface area contributed by atoms with Gasteiger partial charge < -0.3 is 4.74 Å². The van der Waals surface area contributed by atoms with E-state index in [2.05, 4.69) is 18.7 Å². The number of ether oxygens (including phenoxy) is 1. The summed E-state index contributed by atoms with van der Waals surface area (Å²) < 4.78 is 5.49. The molecule has 0 spiro atoms. The summed E-state index contributed by atoms with van der Waals surface area (Å²) in [4.78, 5) is 14.8. The molecule has 108 valence electrons. The molecule has 20 heavy (non-hydrogen) atoms. The molecule has 2 unspecified atom stereocenters. The van der Waals surface area contributed by atoms with Crippen LogP contribution in [0.1, 0.15) is 36.2 Å². The molecule has 0 amide bonds. The van der Waals surface area contributed by atoms with Gasteiger partial charge in [0.05, 0.1) is 13.2 Å². The zero-order valence-corrected chi connectivity index (χ0v) is 12.4. The van der Waals surface area contributed by atoms with Crippen LogP contribution >= 0.6 is 0 Å². The molecular formula is C17H23NO2. The summed E-state index contributed by atoms with van der Waals surface area (Å²) in [5, 5.41) is 0. The standard InChI is InChI=1S/C17H23NO2/c1-12-7-13(2)10-18(9-12)11-16(19)14-3-4-17-15(8-14)5-6-20-17/h3-4,8,12-13H,5-7,9-11H2,1-2H3. The summed E-state index contributed by atoms with van der Waals surface area (Å²) in [5.41, 5.74) is 2.01. The van der Waals surface area contributed by atoms with Crippen LogP contribution in [-0.2, 0) is 6.42 Å². The lowest BCUT2D eigenvalue weighted by Gasteiger charge is -2.34. The van der Waals surface area contributed by atoms with Crippen molar-refractivity contribution in [1.29, 1.82) is 0 Å². The molecule has 3 heteroatoms. The molecule has 3 rings (SSSR count). The Morgan fingerprint density at radius 3 is 2.80 bits per heavy atom. The van der Waals surface area contributed by atoms with E-state index < -0.39 is 0 Å². The van der Waals surface area contributed by atoms with Crippen molar-refractivity contribution in [3.05, 3.63) is 29.3 Å². The van der Waals surface area contributed by atoms with Gasteiger partial charge in [0.25, 0.3) is 0 Å². The van der Waals surface area contributed by atoms with Crippen LogP contribution in [0.25, 0.3) is 0 Å². The van der Waals surface area contributed by atoms with Crippen LogP contribution in [0, 0.1) is 11.8 Å². The molecule has 3 nitrogen and oxygen atoms in total. The maximum Gasteiger partial charge on any atom is 0.176 e. The molecule has 0 aromatic heterocycles. The average molecular weight is 273 g/mol. The summed E-state index contributed by atoms with van der Waals surface area (Å²) in [5.74, 6) is 2.57. The predicted molar refractivity (Wildman–Crippen MR) is 79.4 cm³/mol. The number of piperidine rings is 1. The van der Waals surface area contributed by atoms with Gasteiger partial charge in [-0.3, -0.25) is 9.69 Å². The van der Waals surface area contributed by atoms with E-state index in [1.165, 1.54) is 12.0 Å². The zero-order chi connectivity index (χ0) is 14.1. The lowest BCUT2D eigenvalue weighted by atomic mass is 9.91. The Balaban J connectivity index is 1.67. The molecule has 2 aliphatic rings. The van der Waals surface area contributed by atoms with Gasteiger partial charge in [0, 0.05) is 25.1 Å². The Morgan fingerprint density at radius 1 is 1.30 bits per heavy atom. The van der Waals surface area contributed by atoms with E-state index in [-0.39, 0.29) is 5.78 Å². The molecule has 0 bridgehead atoms. The first kappa shape index (κ1) is 13.6. The summed E-state index contributed by atoms with van der Waals surface area (Å²) >= 11 is 0. The van der Waals surface area contributed by atoms with E-state index in [0.29, 0.717) is 18.4 Å². The van der Waals surface area contributed by atoms with Crippen LogP contribution in [0.3, 0.4) is 0 Å². The Morgan fingerprint density at radius 2 is 2.05 bits per heavy atom. The smallest absolute Gasteiger partial charge is 0.176 e. The molecule has 1 fully saturated rings. The van der Waals surface area contributed by atoms with Crippen LogP contribution < -0.4 is 4.74 Å². The van der Waals surface area contributed by atoms with Crippen LogP contribution in [0.4, 0.5) is 0 Å². The van der Waals surface area contributed by atoms with Crippen molar-refractivity contribution >= 4 is 5.78 Å². The van der Waals surface area contributed by atoms with E-state index in [1.807, 2.05) is 18.2 Å². The molecular weight excluding hydrogens is 250 g/mol. The third-order valence-corrected chi connectivity index (χ3v) is 4.32. The number of Topliss-reactive ketones (excluding diaryl/α,β-unsaturated/α-hetero) is 1. The molecule has 0 N–H and O–H groups in total. The lowest BCUT2D eigenvalue weighted by Crippen LogP contribution is -2.41. The predicted octanol–water partition coefficient (Wildman–Crippen LogP) is 2.78. The largest absolute Gasteiger partial charge is 0.493 e. The number of fused-ring (bicyclic) bond motifs is 1. The number of hydrogen-bond donors (Lipinski definition) is 0. The molecule has 1 aromatic rings. The highest BCUT2D eigenvalue weighted by molar-refractivity contribution is 5.98. The average Bonchev–Trinajstić information content (AvgIpc) is 2.84. The summed E-state index contributed by atoms with van der Waals surface area (Å²) in [6.45, 7) is 7.94. The zero-order valence-electron chi connectivity index (χ0n) is 12.4. The monoisotopic (exact) mass is 273 g/mol. The van der Waals surface area contributed by atoms with E-state index in [0.717, 1.165) is 37.4 Å². The second-order valence-electron chi connectivity index (χ2n) is 6.48. The number of benzene rings is 1. The Kier molecular flexibility index (Phi) is 3.79. The van der Waals surface area contributed by atoms with Crippen LogP contribution in [-0.4, -0.2) is 36.9 Å². The van der Waals surface area contributed by atoms with Crippen molar-refractivity contribution in [1.82, 2.24) is 4.90 Å². The fourth-order valence-corrected chi connectivity index (χ4v) is 3.58. The minimum Gasteiger partial charge on any atom is -0.493 e. The van der Waals surface area contributed by atoms with E-state index in [4.69, 9.17) is 4.74 Å². The highest BCUT2D eigenvalue weighted by Gasteiger charge is 2.24. The maximum atomic E-state index is 12.4. The Hall–Kier alpha value is -1.35. The number of rotatable bonds is 3. The first-order valence-corrected chi connectivity index (χ1v) is 7.63. The molecule has 0 radical (unpaired) electrons.